The highest BCUT2D eigenvalue weighted by Gasteiger charge is 2.22. The van der Waals surface area contributed by atoms with E-state index in [0.29, 0.717) is 22.0 Å². The van der Waals surface area contributed by atoms with Crippen molar-refractivity contribution in [3.63, 3.8) is 0 Å². The van der Waals surface area contributed by atoms with Crippen LogP contribution in [0.2, 0.25) is 0 Å². The van der Waals surface area contributed by atoms with Crippen LogP contribution in [0.25, 0.3) is 16.6 Å². The molecule has 0 radical (unpaired) electrons. The van der Waals surface area contributed by atoms with Crippen LogP contribution in [0, 0.1) is 0 Å². The summed E-state index contributed by atoms with van der Waals surface area (Å²) in [5.41, 5.74) is 2.53. The molecule has 32 heavy (non-hydrogen) atoms. The van der Waals surface area contributed by atoms with Crippen LogP contribution in [0.1, 0.15) is 59.4 Å². The Labute approximate surface area is 194 Å². The van der Waals surface area contributed by atoms with Gasteiger partial charge in [-0.15, -0.1) is 0 Å². The van der Waals surface area contributed by atoms with Crippen molar-refractivity contribution in [3.8, 4) is 5.69 Å². The van der Waals surface area contributed by atoms with Crippen molar-refractivity contribution >= 4 is 28.6 Å². The van der Waals surface area contributed by atoms with Crippen molar-refractivity contribution in [2.24, 2.45) is 0 Å². The second-order valence-electron chi connectivity index (χ2n) is 8.73. The molecule has 0 aliphatic carbocycles. The van der Waals surface area contributed by atoms with Gasteiger partial charge in [-0.3, -0.25) is 14.2 Å². The first-order valence-electron chi connectivity index (χ1n) is 11.3. The summed E-state index contributed by atoms with van der Waals surface area (Å²) in [6.07, 6.45) is 1.06. The van der Waals surface area contributed by atoms with Crippen LogP contribution < -0.4 is 5.56 Å². The zero-order chi connectivity index (χ0) is 23.4. The van der Waals surface area contributed by atoms with Crippen LogP contribution in [-0.4, -0.2) is 38.2 Å². The molecule has 0 N–H and O–H groups in total. The van der Waals surface area contributed by atoms with Gasteiger partial charge in [-0.1, -0.05) is 49.9 Å². The number of benzene rings is 2. The standard InChI is InChI=1S/C26H33N3O2S/c1-7-19(6)20-12-14-21(15-13-20)29-25(31)22-10-8-9-11-23(22)27-26(29)32-16-24(30)28(17(2)3)18(4)5/h8-15,17-19H,7,16H2,1-6H3. The minimum Gasteiger partial charge on any atom is -0.337 e. The lowest BCUT2D eigenvalue weighted by atomic mass is 9.98. The average Bonchev–Trinajstić information content (AvgIpc) is 2.77. The fourth-order valence-corrected chi connectivity index (χ4v) is 4.88. The Bertz CT molecular complexity index is 1130. The largest absolute Gasteiger partial charge is 0.337 e. The highest BCUT2D eigenvalue weighted by atomic mass is 32.2. The van der Waals surface area contributed by atoms with Gasteiger partial charge in [0.25, 0.3) is 5.56 Å². The van der Waals surface area contributed by atoms with E-state index in [9.17, 15) is 9.59 Å². The SMILES string of the molecule is CCC(C)c1ccc(-n2c(SCC(=O)N(C(C)C)C(C)C)nc3ccccc3c2=O)cc1. The Morgan fingerprint density at radius 2 is 1.62 bits per heavy atom. The molecule has 1 unspecified atom stereocenters. The number of nitrogens with zero attached hydrogens (tertiary/aromatic N) is 3. The summed E-state index contributed by atoms with van der Waals surface area (Å²) in [6, 6.07) is 15.7. The highest BCUT2D eigenvalue weighted by Crippen LogP contribution is 2.25. The van der Waals surface area contributed by atoms with Crippen LogP contribution in [0.3, 0.4) is 0 Å². The monoisotopic (exact) mass is 451 g/mol. The van der Waals surface area contributed by atoms with E-state index in [1.807, 2.05) is 62.9 Å². The Hall–Kier alpha value is -2.60. The molecule has 6 heteroatoms. The maximum absolute atomic E-state index is 13.4. The molecule has 3 aromatic rings. The molecule has 0 bridgehead atoms. The molecule has 2 aromatic carbocycles. The summed E-state index contributed by atoms with van der Waals surface area (Å²) in [4.78, 5) is 33.0. The molecule has 5 nitrogen and oxygen atoms in total. The van der Waals surface area contributed by atoms with E-state index >= 15 is 0 Å². The van der Waals surface area contributed by atoms with E-state index in [1.54, 1.807) is 10.6 Å². The Morgan fingerprint density at radius 1 is 1.00 bits per heavy atom. The molecule has 0 aliphatic heterocycles. The fourth-order valence-electron chi connectivity index (χ4n) is 4.00. The molecule has 0 saturated carbocycles. The van der Waals surface area contributed by atoms with Crippen molar-refractivity contribution in [3.05, 3.63) is 64.4 Å². The molecular weight excluding hydrogens is 418 g/mol. The predicted octanol–water partition coefficient (Wildman–Crippen LogP) is 5.64. The average molecular weight is 452 g/mol. The number of carbonyl (C=O) groups excluding carboxylic acids is 1. The Morgan fingerprint density at radius 3 is 2.22 bits per heavy atom. The lowest BCUT2D eigenvalue weighted by Gasteiger charge is -2.30. The number of thioether (sulfide) groups is 1. The fraction of sp³-hybridized carbons (Fsp3) is 0.423. The number of fused-ring (bicyclic) bond motifs is 1. The van der Waals surface area contributed by atoms with Gasteiger partial charge in [0.05, 0.1) is 22.3 Å². The quantitative estimate of drug-likeness (QED) is 0.329. The van der Waals surface area contributed by atoms with Crippen LogP contribution in [-0.2, 0) is 4.79 Å². The predicted molar refractivity (Wildman–Crippen MR) is 134 cm³/mol. The number of rotatable bonds is 8. The maximum Gasteiger partial charge on any atom is 0.266 e. The van der Waals surface area contributed by atoms with Crippen molar-refractivity contribution in [1.82, 2.24) is 14.5 Å². The lowest BCUT2D eigenvalue weighted by Crippen LogP contribution is -2.43. The van der Waals surface area contributed by atoms with E-state index < -0.39 is 0 Å². The van der Waals surface area contributed by atoms with Crippen LogP contribution in [0.4, 0.5) is 0 Å². The maximum atomic E-state index is 13.4. The Balaban J connectivity index is 2.03. The van der Waals surface area contributed by atoms with Gasteiger partial charge in [-0.2, -0.15) is 0 Å². The minimum absolute atomic E-state index is 0.0427. The third-order valence-electron chi connectivity index (χ3n) is 5.80. The van der Waals surface area contributed by atoms with Gasteiger partial charge in [-0.05, 0) is 69.9 Å². The van der Waals surface area contributed by atoms with Crippen molar-refractivity contribution in [2.45, 2.75) is 71.1 Å². The summed E-state index contributed by atoms with van der Waals surface area (Å²) in [5.74, 6) is 0.729. The van der Waals surface area contributed by atoms with Gasteiger partial charge in [0.15, 0.2) is 5.16 Å². The summed E-state index contributed by atoms with van der Waals surface area (Å²) in [7, 11) is 0. The van der Waals surface area contributed by atoms with E-state index in [4.69, 9.17) is 4.98 Å². The zero-order valence-corrected chi connectivity index (χ0v) is 20.6. The van der Waals surface area contributed by atoms with E-state index in [2.05, 4.69) is 26.0 Å². The molecule has 0 spiro atoms. The molecule has 0 aliphatic rings. The number of hydrogen-bond acceptors (Lipinski definition) is 4. The van der Waals surface area contributed by atoms with Gasteiger partial charge < -0.3 is 4.90 Å². The van der Waals surface area contributed by atoms with Crippen molar-refractivity contribution in [1.29, 1.82) is 0 Å². The summed E-state index contributed by atoms with van der Waals surface area (Å²) in [5, 5.41) is 1.10. The first kappa shape index (κ1) is 24.1. The number of para-hydroxylation sites is 1. The van der Waals surface area contributed by atoms with E-state index in [-0.39, 0.29) is 29.3 Å². The van der Waals surface area contributed by atoms with Gasteiger partial charge in [0.1, 0.15) is 0 Å². The minimum atomic E-state index is -0.119. The van der Waals surface area contributed by atoms with Crippen molar-refractivity contribution < 1.29 is 4.79 Å². The normalized spacial score (nSPS) is 12.5. The highest BCUT2D eigenvalue weighted by molar-refractivity contribution is 7.99. The summed E-state index contributed by atoms with van der Waals surface area (Å²) < 4.78 is 1.63. The van der Waals surface area contributed by atoms with Gasteiger partial charge in [-0.25, -0.2) is 4.98 Å². The molecular formula is C26H33N3O2S. The van der Waals surface area contributed by atoms with Gasteiger partial charge >= 0.3 is 0 Å². The third kappa shape index (κ3) is 5.07. The topological polar surface area (TPSA) is 55.2 Å². The molecule has 1 aromatic heterocycles. The van der Waals surface area contributed by atoms with E-state index in [0.717, 1.165) is 12.1 Å². The molecule has 0 fully saturated rings. The lowest BCUT2D eigenvalue weighted by molar-refractivity contribution is -0.131. The van der Waals surface area contributed by atoms with Crippen LogP contribution >= 0.6 is 11.8 Å². The second kappa shape index (κ2) is 10.3. The number of hydrogen-bond donors (Lipinski definition) is 0. The zero-order valence-electron chi connectivity index (χ0n) is 19.8. The molecule has 1 heterocycles. The molecule has 3 rings (SSSR count). The van der Waals surface area contributed by atoms with Gasteiger partial charge in [0.2, 0.25) is 5.91 Å². The first-order valence-corrected chi connectivity index (χ1v) is 12.3. The van der Waals surface area contributed by atoms with Gasteiger partial charge in [0, 0.05) is 12.1 Å². The number of amides is 1. The van der Waals surface area contributed by atoms with Crippen molar-refractivity contribution in [2.75, 3.05) is 5.75 Å². The molecule has 1 amide bonds. The van der Waals surface area contributed by atoms with Crippen LogP contribution in [0.5, 0.6) is 0 Å². The smallest absolute Gasteiger partial charge is 0.266 e. The van der Waals surface area contributed by atoms with Crippen LogP contribution in [0.15, 0.2) is 58.5 Å². The first-order chi connectivity index (χ1) is 15.2. The third-order valence-corrected chi connectivity index (χ3v) is 6.73. The number of aromatic nitrogens is 2. The summed E-state index contributed by atoms with van der Waals surface area (Å²) in [6.45, 7) is 12.4. The van der Waals surface area contributed by atoms with E-state index in [1.165, 1.54) is 17.3 Å². The molecule has 0 saturated heterocycles. The second-order valence-corrected chi connectivity index (χ2v) is 9.67. The molecule has 1 atom stereocenters. The number of carbonyl (C=O) groups is 1. The Kier molecular flexibility index (Phi) is 7.77. The molecule has 170 valence electrons. The summed E-state index contributed by atoms with van der Waals surface area (Å²) >= 11 is 1.32.